The number of nitrogens with zero attached hydrogens (tertiary/aromatic N) is 4. The minimum absolute atomic E-state index is 0.243. The molecule has 0 aliphatic carbocycles. The van der Waals surface area contributed by atoms with Gasteiger partial charge >= 0.3 is 0 Å². The fraction of sp³-hybridized carbons (Fsp3) is 0.148. The van der Waals surface area contributed by atoms with Gasteiger partial charge in [-0.2, -0.15) is 0 Å². The number of para-hydroxylation sites is 1. The number of aryl methyl sites for hydroxylation is 1. The summed E-state index contributed by atoms with van der Waals surface area (Å²) in [4.78, 5) is 30.7. The molecule has 1 amide bonds. The predicted octanol–water partition coefficient (Wildman–Crippen LogP) is 4.27. The number of carbonyl (C=O) groups excluding carboxylic acids is 1. The molecule has 1 N–H and O–H groups in total. The van der Waals surface area contributed by atoms with Crippen molar-refractivity contribution in [3.8, 4) is 11.4 Å². The highest BCUT2D eigenvalue weighted by Crippen LogP contribution is 2.19. The molecule has 0 saturated heterocycles. The average molecular weight is 468 g/mol. The highest BCUT2D eigenvalue weighted by atomic mass is 16.5. The molecule has 5 rings (SSSR count). The lowest BCUT2D eigenvalue weighted by Crippen LogP contribution is -2.23. The van der Waals surface area contributed by atoms with Crippen molar-refractivity contribution in [3.05, 3.63) is 112 Å². The first-order valence-corrected chi connectivity index (χ1v) is 11.2. The fourth-order valence-corrected chi connectivity index (χ4v) is 4.01. The third kappa shape index (κ3) is 4.33. The number of carbonyl (C=O) groups is 1. The Labute approximate surface area is 202 Å². The van der Waals surface area contributed by atoms with E-state index in [1.54, 1.807) is 42.9 Å². The van der Waals surface area contributed by atoms with E-state index in [-0.39, 0.29) is 23.8 Å². The lowest BCUT2D eigenvalue weighted by molar-refractivity contribution is 0.102. The molecule has 0 spiro atoms. The lowest BCUT2D eigenvalue weighted by Gasteiger charge is -2.08. The van der Waals surface area contributed by atoms with Gasteiger partial charge in [-0.15, -0.1) is 0 Å². The van der Waals surface area contributed by atoms with Crippen molar-refractivity contribution < 1.29 is 9.53 Å². The molecular formula is C27H25N5O3. The number of ether oxygens (including phenoxy) is 1. The van der Waals surface area contributed by atoms with Crippen molar-refractivity contribution in [1.82, 2.24) is 18.7 Å². The normalized spacial score (nSPS) is 11.1. The molecule has 176 valence electrons. The van der Waals surface area contributed by atoms with Gasteiger partial charge in [0.2, 0.25) is 0 Å². The molecule has 0 unspecified atom stereocenters. The van der Waals surface area contributed by atoms with Gasteiger partial charge in [0, 0.05) is 25.0 Å². The molecule has 2 aromatic carbocycles. The topological polar surface area (TPSA) is 82.6 Å². The molecule has 35 heavy (non-hydrogen) atoms. The summed E-state index contributed by atoms with van der Waals surface area (Å²) < 4.78 is 11.1. The van der Waals surface area contributed by atoms with Crippen molar-refractivity contribution >= 4 is 17.2 Å². The number of aromatic nitrogens is 4. The Hall–Kier alpha value is -4.59. The quantitative estimate of drug-likeness (QED) is 0.404. The van der Waals surface area contributed by atoms with Gasteiger partial charge < -0.3 is 14.5 Å². The minimum atomic E-state index is -0.385. The minimum Gasteiger partial charge on any atom is -0.487 e. The van der Waals surface area contributed by atoms with E-state index in [0.717, 1.165) is 22.6 Å². The Morgan fingerprint density at radius 3 is 2.60 bits per heavy atom. The first kappa shape index (κ1) is 22.2. The number of rotatable bonds is 6. The summed E-state index contributed by atoms with van der Waals surface area (Å²) in [5.41, 5.74) is 4.50. The summed E-state index contributed by atoms with van der Waals surface area (Å²) in [7, 11) is 1.79. The molecule has 0 aliphatic heterocycles. The summed E-state index contributed by atoms with van der Waals surface area (Å²) in [6.45, 7) is 4.10. The second-order valence-electron chi connectivity index (χ2n) is 8.41. The Balaban J connectivity index is 1.33. The van der Waals surface area contributed by atoms with E-state index < -0.39 is 0 Å². The Morgan fingerprint density at radius 1 is 1.00 bits per heavy atom. The smallest absolute Gasteiger partial charge is 0.295 e. The zero-order valence-corrected chi connectivity index (χ0v) is 19.7. The van der Waals surface area contributed by atoms with Crippen molar-refractivity contribution in [2.45, 2.75) is 20.5 Å². The monoisotopic (exact) mass is 467 g/mol. The van der Waals surface area contributed by atoms with E-state index >= 15 is 0 Å². The summed E-state index contributed by atoms with van der Waals surface area (Å²) in [5.74, 6) is 0.155. The molecule has 8 heteroatoms. The number of nitrogens with one attached hydrogen (secondary N) is 1. The largest absolute Gasteiger partial charge is 0.487 e. The van der Waals surface area contributed by atoms with Gasteiger partial charge in [0.1, 0.15) is 23.7 Å². The van der Waals surface area contributed by atoms with E-state index in [9.17, 15) is 9.59 Å². The van der Waals surface area contributed by atoms with Gasteiger partial charge in [-0.05, 0) is 55.8 Å². The fourth-order valence-electron chi connectivity index (χ4n) is 4.01. The van der Waals surface area contributed by atoms with Crippen LogP contribution in [0.15, 0.2) is 83.9 Å². The lowest BCUT2D eigenvalue weighted by atomic mass is 10.2. The molecule has 5 aromatic rings. The molecule has 0 radical (unpaired) electrons. The van der Waals surface area contributed by atoms with Crippen LogP contribution in [0, 0.1) is 13.8 Å². The molecule has 0 atom stereocenters. The van der Waals surface area contributed by atoms with Gasteiger partial charge in [0.05, 0.1) is 17.1 Å². The summed E-state index contributed by atoms with van der Waals surface area (Å²) >= 11 is 0. The van der Waals surface area contributed by atoms with E-state index in [1.165, 1.54) is 4.68 Å². The van der Waals surface area contributed by atoms with Crippen LogP contribution in [0.1, 0.15) is 27.3 Å². The van der Waals surface area contributed by atoms with Crippen molar-refractivity contribution in [2.75, 3.05) is 5.32 Å². The molecule has 8 nitrogen and oxygen atoms in total. The maximum atomic E-state index is 13.1. The molecule has 0 bridgehead atoms. The van der Waals surface area contributed by atoms with Crippen LogP contribution in [0.25, 0.3) is 11.3 Å². The van der Waals surface area contributed by atoms with Crippen LogP contribution >= 0.6 is 0 Å². The highest BCUT2D eigenvalue weighted by molar-refractivity contribution is 6.04. The number of anilines is 1. The van der Waals surface area contributed by atoms with Gasteiger partial charge in [0.15, 0.2) is 0 Å². The van der Waals surface area contributed by atoms with Crippen LogP contribution in [-0.4, -0.2) is 24.7 Å². The van der Waals surface area contributed by atoms with E-state index in [1.807, 2.05) is 66.2 Å². The summed E-state index contributed by atoms with van der Waals surface area (Å²) in [6, 6.07) is 20.1. The van der Waals surface area contributed by atoms with Crippen LogP contribution in [0.5, 0.6) is 5.75 Å². The van der Waals surface area contributed by atoms with Crippen molar-refractivity contribution in [1.29, 1.82) is 0 Å². The summed E-state index contributed by atoms with van der Waals surface area (Å²) in [6.07, 6.45) is 3.93. The number of benzene rings is 2. The van der Waals surface area contributed by atoms with E-state index in [2.05, 4.69) is 10.3 Å². The third-order valence-electron chi connectivity index (χ3n) is 5.92. The van der Waals surface area contributed by atoms with Gasteiger partial charge in [0.25, 0.3) is 11.5 Å². The van der Waals surface area contributed by atoms with Crippen LogP contribution < -0.4 is 15.6 Å². The van der Waals surface area contributed by atoms with E-state index in [4.69, 9.17) is 4.74 Å². The molecule has 3 heterocycles. The number of fused-ring (bicyclic) bond motifs is 1. The zero-order chi connectivity index (χ0) is 24.5. The zero-order valence-electron chi connectivity index (χ0n) is 19.7. The predicted molar refractivity (Wildman–Crippen MR) is 134 cm³/mol. The third-order valence-corrected chi connectivity index (χ3v) is 5.92. The molecule has 3 aromatic heterocycles. The second-order valence-corrected chi connectivity index (χ2v) is 8.41. The van der Waals surface area contributed by atoms with Crippen LogP contribution in [0.4, 0.5) is 5.69 Å². The number of pyridine rings is 1. The van der Waals surface area contributed by atoms with E-state index in [0.29, 0.717) is 17.0 Å². The Bertz CT molecular complexity index is 1590. The van der Waals surface area contributed by atoms with Crippen LogP contribution in [0.3, 0.4) is 0 Å². The number of imidazole rings is 1. The SMILES string of the molecule is Cc1ccc2nc(COc3cccc(C(=O)Nc4c(C)n(C)n(-c5ccccc5)c4=O)c3)cn2c1. The second kappa shape index (κ2) is 8.98. The molecule has 0 fully saturated rings. The van der Waals surface area contributed by atoms with Crippen LogP contribution in [-0.2, 0) is 13.7 Å². The van der Waals surface area contributed by atoms with Crippen LogP contribution in [0.2, 0.25) is 0 Å². The first-order chi connectivity index (χ1) is 16.9. The number of hydrogen-bond acceptors (Lipinski definition) is 4. The standard InChI is InChI=1S/C27H25N5O3/c1-18-12-13-24-28-21(16-31(24)15-18)17-35-23-11-7-8-20(14-23)26(33)29-25-19(2)30(3)32(27(25)34)22-9-5-4-6-10-22/h4-16H,17H2,1-3H3,(H,29,33). The number of amides is 1. The Morgan fingerprint density at radius 2 is 1.80 bits per heavy atom. The Kier molecular flexibility index (Phi) is 5.70. The molecular weight excluding hydrogens is 442 g/mol. The van der Waals surface area contributed by atoms with Gasteiger partial charge in [-0.3, -0.25) is 14.3 Å². The maximum Gasteiger partial charge on any atom is 0.295 e. The average Bonchev–Trinajstić information content (AvgIpc) is 3.36. The maximum absolute atomic E-state index is 13.1. The molecule has 0 aliphatic rings. The highest BCUT2D eigenvalue weighted by Gasteiger charge is 2.19. The van der Waals surface area contributed by atoms with Crippen molar-refractivity contribution in [3.63, 3.8) is 0 Å². The van der Waals surface area contributed by atoms with Gasteiger partial charge in [-0.1, -0.05) is 30.3 Å². The summed E-state index contributed by atoms with van der Waals surface area (Å²) in [5, 5.41) is 2.79. The first-order valence-electron chi connectivity index (χ1n) is 11.2. The van der Waals surface area contributed by atoms with Crippen molar-refractivity contribution in [2.24, 2.45) is 7.05 Å². The molecule has 0 saturated carbocycles. The number of hydrogen-bond donors (Lipinski definition) is 1. The van der Waals surface area contributed by atoms with Gasteiger partial charge in [-0.25, -0.2) is 9.67 Å².